The Morgan fingerprint density at radius 3 is 2.52 bits per heavy atom. The van der Waals surface area contributed by atoms with Gasteiger partial charge in [0.05, 0.1) is 23.2 Å². The molecule has 5 rings (SSSR count). The second kappa shape index (κ2) is 8.94. The highest BCUT2D eigenvalue weighted by atomic mass is 16.2. The third-order valence-corrected chi connectivity index (χ3v) is 6.58. The van der Waals surface area contributed by atoms with E-state index in [0.717, 1.165) is 66.9 Å². The molecular weight excluding hydrogens is 416 g/mol. The summed E-state index contributed by atoms with van der Waals surface area (Å²) in [6.45, 7) is 3.84. The van der Waals surface area contributed by atoms with Crippen LogP contribution in [0.1, 0.15) is 53.3 Å². The van der Waals surface area contributed by atoms with E-state index in [2.05, 4.69) is 20.6 Å². The van der Waals surface area contributed by atoms with Crippen LogP contribution in [-0.4, -0.2) is 57.2 Å². The molecule has 3 heterocycles. The van der Waals surface area contributed by atoms with Crippen LogP contribution in [0.5, 0.6) is 0 Å². The zero-order valence-corrected chi connectivity index (χ0v) is 19.2. The number of likely N-dealkylation sites (tertiary alicyclic amines) is 1. The molecule has 8 heteroatoms. The van der Waals surface area contributed by atoms with Gasteiger partial charge in [-0.1, -0.05) is 18.2 Å². The summed E-state index contributed by atoms with van der Waals surface area (Å²) >= 11 is 0. The van der Waals surface area contributed by atoms with Crippen LogP contribution in [0.2, 0.25) is 0 Å². The Balaban J connectivity index is 1.20. The van der Waals surface area contributed by atoms with E-state index < -0.39 is 0 Å². The number of rotatable bonds is 6. The molecule has 33 heavy (non-hydrogen) atoms. The lowest BCUT2D eigenvalue weighted by molar-refractivity contribution is -0.117. The van der Waals surface area contributed by atoms with Crippen molar-refractivity contribution in [2.24, 2.45) is 7.05 Å². The summed E-state index contributed by atoms with van der Waals surface area (Å²) in [7, 11) is 1.88. The average molecular weight is 447 g/mol. The lowest BCUT2D eigenvalue weighted by Crippen LogP contribution is -2.46. The molecule has 2 aromatic heterocycles. The van der Waals surface area contributed by atoms with Crippen molar-refractivity contribution >= 4 is 28.5 Å². The number of piperidine rings is 1. The molecule has 1 aliphatic carbocycles. The molecule has 0 unspecified atom stereocenters. The number of aromatic nitrogens is 3. The van der Waals surface area contributed by atoms with E-state index in [9.17, 15) is 9.59 Å². The number of carbonyl (C=O) groups excluding carboxylic acids is 2. The third-order valence-electron chi connectivity index (χ3n) is 6.58. The predicted molar refractivity (Wildman–Crippen MR) is 127 cm³/mol. The quantitative estimate of drug-likeness (QED) is 0.607. The summed E-state index contributed by atoms with van der Waals surface area (Å²) < 4.78 is 1.77. The summed E-state index contributed by atoms with van der Waals surface area (Å²) in [5.41, 5.74) is 4.09. The van der Waals surface area contributed by atoms with Crippen LogP contribution in [-0.2, 0) is 11.8 Å². The van der Waals surface area contributed by atoms with Crippen LogP contribution in [0.15, 0.2) is 36.4 Å². The van der Waals surface area contributed by atoms with Crippen LogP contribution in [0.25, 0.3) is 11.0 Å². The van der Waals surface area contributed by atoms with E-state index in [1.54, 1.807) is 4.68 Å². The predicted octanol–water partition coefficient (Wildman–Crippen LogP) is 2.99. The maximum Gasteiger partial charge on any atom is 0.252 e. The second-order valence-electron chi connectivity index (χ2n) is 9.21. The topological polar surface area (TPSA) is 92.2 Å². The van der Waals surface area contributed by atoms with E-state index in [-0.39, 0.29) is 17.9 Å². The Kier molecular flexibility index (Phi) is 5.85. The van der Waals surface area contributed by atoms with Crippen LogP contribution >= 0.6 is 0 Å². The number of hydrogen-bond acceptors (Lipinski definition) is 5. The maximum absolute atomic E-state index is 13.3. The van der Waals surface area contributed by atoms with E-state index in [0.29, 0.717) is 18.0 Å². The average Bonchev–Trinajstić information content (AvgIpc) is 3.61. The number of para-hydroxylation sites is 1. The van der Waals surface area contributed by atoms with Crippen molar-refractivity contribution in [3.8, 4) is 0 Å². The Hall–Kier alpha value is -3.26. The van der Waals surface area contributed by atoms with Gasteiger partial charge in [0.15, 0.2) is 5.65 Å². The van der Waals surface area contributed by atoms with Gasteiger partial charge in [0, 0.05) is 43.5 Å². The summed E-state index contributed by atoms with van der Waals surface area (Å²) in [5.74, 6) is 0.393. The minimum Gasteiger partial charge on any atom is -0.349 e. The SMILES string of the molecule is Cc1nn(C)c2nc(C3CC3)cc(C(=O)NC3CCN(CC(=O)Nc4ccccc4)CC3)c12. The van der Waals surface area contributed by atoms with Crippen molar-refractivity contribution in [2.45, 2.75) is 44.6 Å². The number of pyridine rings is 1. The highest BCUT2D eigenvalue weighted by Crippen LogP contribution is 2.40. The number of fused-ring (bicyclic) bond motifs is 1. The molecule has 2 N–H and O–H groups in total. The first-order chi connectivity index (χ1) is 16.0. The molecule has 172 valence electrons. The summed E-state index contributed by atoms with van der Waals surface area (Å²) in [6.07, 6.45) is 3.90. The van der Waals surface area contributed by atoms with Crippen molar-refractivity contribution in [2.75, 3.05) is 25.0 Å². The summed E-state index contributed by atoms with van der Waals surface area (Å²) in [4.78, 5) is 32.6. The number of aryl methyl sites for hydroxylation is 2. The molecule has 0 bridgehead atoms. The molecule has 1 saturated heterocycles. The maximum atomic E-state index is 13.3. The van der Waals surface area contributed by atoms with Gasteiger partial charge in [0.2, 0.25) is 5.91 Å². The zero-order chi connectivity index (χ0) is 22.9. The van der Waals surface area contributed by atoms with Gasteiger partial charge >= 0.3 is 0 Å². The fourth-order valence-corrected chi connectivity index (χ4v) is 4.66. The number of nitrogens with zero attached hydrogens (tertiary/aromatic N) is 4. The largest absolute Gasteiger partial charge is 0.349 e. The summed E-state index contributed by atoms with van der Waals surface area (Å²) in [5, 5.41) is 11.5. The van der Waals surface area contributed by atoms with E-state index >= 15 is 0 Å². The molecule has 1 aromatic carbocycles. The van der Waals surface area contributed by atoms with Gasteiger partial charge in [-0.25, -0.2) is 4.98 Å². The first-order valence-corrected chi connectivity index (χ1v) is 11.7. The molecule has 8 nitrogen and oxygen atoms in total. The summed E-state index contributed by atoms with van der Waals surface area (Å²) in [6, 6.07) is 11.6. The zero-order valence-electron chi connectivity index (χ0n) is 19.2. The molecule has 1 saturated carbocycles. The molecular formula is C25H30N6O2. The molecule has 2 amide bonds. The van der Waals surface area contributed by atoms with Crippen molar-refractivity contribution in [1.29, 1.82) is 0 Å². The molecule has 2 fully saturated rings. The molecule has 0 radical (unpaired) electrons. The molecule has 3 aromatic rings. The highest BCUT2D eigenvalue weighted by Gasteiger charge is 2.29. The Morgan fingerprint density at radius 1 is 1.09 bits per heavy atom. The van der Waals surface area contributed by atoms with Crippen molar-refractivity contribution in [3.63, 3.8) is 0 Å². The fourth-order valence-electron chi connectivity index (χ4n) is 4.66. The minimum atomic E-state index is -0.0549. The number of hydrogen-bond donors (Lipinski definition) is 2. The van der Waals surface area contributed by atoms with Crippen molar-refractivity contribution in [1.82, 2.24) is 25.0 Å². The highest BCUT2D eigenvalue weighted by molar-refractivity contribution is 6.06. The number of nitrogens with one attached hydrogen (secondary N) is 2. The third kappa shape index (κ3) is 4.75. The van der Waals surface area contributed by atoms with Gasteiger partial charge in [-0.3, -0.25) is 19.2 Å². The van der Waals surface area contributed by atoms with Gasteiger partial charge in [0.25, 0.3) is 5.91 Å². The lowest BCUT2D eigenvalue weighted by atomic mass is 10.0. The number of anilines is 1. The van der Waals surface area contributed by atoms with Crippen LogP contribution in [0, 0.1) is 6.92 Å². The molecule has 0 atom stereocenters. The van der Waals surface area contributed by atoms with Gasteiger partial charge in [0.1, 0.15) is 0 Å². The van der Waals surface area contributed by atoms with Crippen molar-refractivity contribution < 1.29 is 9.59 Å². The molecule has 1 aliphatic heterocycles. The first kappa shape index (κ1) is 21.6. The number of benzene rings is 1. The first-order valence-electron chi connectivity index (χ1n) is 11.7. The van der Waals surface area contributed by atoms with Gasteiger partial charge < -0.3 is 10.6 Å². The van der Waals surface area contributed by atoms with Gasteiger partial charge in [-0.2, -0.15) is 5.10 Å². The Labute approximate surface area is 193 Å². The van der Waals surface area contributed by atoms with Crippen molar-refractivity contribution in [3.05, 3.63) is 53.3 Å². The monoisotopic (exact) mass is 446 g/mol. The smallest absolute Gasteiger partial charge is 0.252 e. The fraction of sp³-hybridized carbons (Fsp3) is 0.440. The number of carbonyl (C=O) groups is 2. The molecule has 2 aliphatic rings. The van der Waals surface area contributed by atoms with E-state index in [1.165, 1.54) is 0 Å². The van der Waals surface area contributed by atoms with E-state index in [1.807, 2.05) is 50.4 Å². The Bertz CT molecular complexity index is 1180. The normalized spacial score (nSPS) is 17.3. The van der Waals surface area contributed by atoms with Gasteiger partial charge in [-0.15, -0.1) is 0 Å². The lowest BCUT2D eigenvalue weighted by Gasteiger charge is -2.32. The van der Waals surface area contributed by atoms with Crippen LogP contribution in [0.4, 0.5) is 5.69 Å². The van der Waals surface area contributed by atoms with Crippen LogP contribution in [0.3, 0.4) is 0 Å². The molecule has 0 spiro atoms. The Morgan fingerprint density at radius 2 is 1.82 bits per heavy atom. The van der Waals surface area contributed by atoms with Crippen LogP contribution < -0.4 is 10.6 Å². The van der Waals surface area contributed by atoms with Gasteiger partial charge in [-0.05, 0) is 50.8 Å². The number of amides is 2. The standard InChI is InChI=1S/C25H30N6O2/c1-16-23-20(14-21(17-8-9-17)28-24(23)30(2)29-16)25(33)27-19-10-12-31(13-11-19)15-22(32)26-18-6-4-3-5-7-18/h3-7,14,17,19H,8-13,15H2,1-2H3,(H,26,32)(H,27,33). The second-order valence-corrected chi connectivity index (χ2v) is 9.21. The van der Waals surface area contributed by atoms with E-state index in [4.69, 9.17) is 4.98 Å². The minimum absolute atomic E-state index is 0.0116.